The van der Waals surface area contributed by atoms with E-state index < -0.39 is 0 Å². The molecule has 6 heteroatoms. The van der Waals surface area contributed by atoms with Crippen molar-refractivity contribution in [1.29, 1.82) is 0 Å². The molecule has 0 radical (unpaired) electrons. The molecule has 0 aliphatic heterocycles. The van der Waals surface area contributed by atoms with Crippen LogP contribution >= 0.6 is 23.1 Å². The average Bonchev–Trinajstić information content (AvgIpc) is 2.82. The van der Waals surface area contributed by atoms with Crippen LogP contribution in [0.2, 0.25) is 0 Å². The SMILES string of the molecule is COc1ccc(-n2c(SC)nc3sc(C)c(C)c3c2=O)cc1. The molecule has 114 valence electrons. The van der Waals surface area contributed by atoms with Crippen LogP contribution in [0.5, 0.6) is 5.75 Å². The number of aryl methyl sites for hydroxylation is 2. The predicted octanol–water partition coefficient (Wildman–Crippen LogP) is 3.79. The lowest BCUT2D eigenvalue weighted by Crippen LogP contribution is -2.21. The summed E-state index contributed by atoms with van der Waals surface area (Å²) in [6.07, 6.45) is 1.93. The molecule has 0 N–H and O–H groups in total. The molecule has 0 aliphatic rings. The van der Waals surface area contributed by atoms with Crippen LogP contribution < -0.4 is 10.3 Å². The molecule has 3 aromatic rings. The third-order valence-corrected chi connectivity index (χ3v) is 5.43. The Bertz CT molecular complexity index is 895. The standard InChI is InChI=1S/C16H16N2O2S2/c1-9-10(2)22-14-13(9)15(19)18(16(17-14)21-4)11-5-7-12(20-3)8-6-11/h5-8H,1-4H3. The molecule has 0 saturated carbocycles. The summed E-state index contributed by atoms with van der Waals surface area (Å²) in [5, 5.41) is 1.42. The first-order valence-electron chi connectivity index (χ1n) is 6.78. The first-order valence-corrected chi connectivity index (χ1v) is 8.82. The highest BCUT2D eigenvalue weighted by Crippen LogP contribution is 2.29. The van der Waals surface area contributed by atoms with Crippen LogP contribution in [-0.4, -0.2) is 22.9 Å². The van der Waals surface area contributed by atoms with Gasteiger partial charge >= 0.3 is 0 Å². The summed E-state index contributed by atoms with van der Waals surface area (Å²) < 4.78 is 6.85. The molecule has 0 amide bonds. The van der Waals surface area contributed by atoms with Gasteiger partial charge < -0.3 is 4.74 Å². The molecule has 1 aromatic carbocycles. The summed E-state index contributed by atoms with van der Waals surface area (Å²) in [5.74, 6) is 0.763. The van der Waals surface area contributed by atoms with Crippen molar-refractivity contribution in [2.75, 3.05) is 13.4 Å². The van der Waals surface area contributed by atoms with E-state index in [0.29, 0.717) is 5.16 Å². The van der Waals surface area contributed by atoms with Gasteiger partial charge in [-0.25, -0.2) is 4.98 Å². The van der Waals surface area contributed by atoms with Crippen molar-refractivity contribution in [3.63, 3.8) is 0 Å². The number of methoxy groups -OCH3 is 1. The molecular weight excluding hydrogens is 316 g/mol. The maximum atomic E-state index is 13.0. The number of hydrogen-bond donors (Lipinski definition) is 0. The maximum Gasteiger partial charge on any atom is 0.267 e. The molecule has 4 nitrogen and oxygen atoms in total. The Kier molecular flexibility index (Phi) is 3.97. The summed E-state index contributed by atoms with van der Waals surface area (Å²) in [4.78, 5) is 19.6. The Morgan fingerprint density at radius 1 is 1.23 bits per heavy atom. The van der Waals surface area contributed by atoms with Crippen molar-refractivity contribution in [1.82, 2.24) is 9.55 Å². The van der Waals surface area contributed by atoms with E-state index in [1.54, 1.807) is 23.0 Å². The van der Waals surface area contributed by atoms with Gasteiger partial charge in [-0.1, -0.05) is 11.8 Å². The highest BCUT2D eigenvalue weighted by atomic mass is 32.2. The highest BCUT2D eigenvalue weighted by molar-refractivity contribution is 7.98. The van der Waals surface area contributed by atoms with Gasteiger partial charge in [0.2, 0.25) is 0 Å². The monoisotopic (exact) mass is 332 g/mol. The van der Waals surface area contributed by atoms with Gasteiger partial charge in [0.1, 0.15) is 10.6 Å². The number of ether oxygens (including phenoxy) is 1. The molecule has 0 fully saturated rings. The van der Waals surface area contributed by atoms with E-state index in [-0.39, 0.29) is 5.56 Å². The molecule has 0 atom stereocenters. The first kappa shape index (κ1) is 15.1. The van der Waals surface area contributed by atoms with Crippen LogP contribution in [0, 0.1) is 13.8 Å². The number of thioether (sulfide) groups is 1. The number of nitrogens with zero attached hydrogens (tertiary/aromatic N) is 2. The van der Waals surface area contributed by atoms with Crippen LogP contribution in [0.3, 0.4) is 0 Å². The third-order valence-electron chi connectivity index (χ3n) is 3.69. The van der Waals surface area contributed by atoms with Gasteiger partial charge in [0, 0.05) is 4.88 Å². The van der Waals surface area contributed by atoms with Crippen molar-refractivity contribution in [3.8, 4) is 11.4 Å². The number of hydrogen-bond acceptors (Lipinski definition) is 5. The smallest absolute Gasteiger partial charge is 0.267 e. The van der Waals surface area contributed by atoms with Crippen molar-refractivity contribution < 1.29 is 4.74 Å². The van der Waals surface area contributed by atoms with Gasteiger partial charge in [-0.05, 0) is 49.9 Å². The van der Waals surface area contributed by atoms with Crippen LogP contribution in [0.4, 0.5) is 0 Å². The zero-order chi connectivity index (χ0) is 15.9. The van der Waals surface area contributed by atoms with Gasteiger partial charge in [-0.15, -0.1) is 11.3 Å². The first-order chi connectivity index (χ1) is 10.6. The molecule has 3 rings (SSSR count). The molecule has 0 aliphatic carbocycles. The Morgan fingerprint density at radius 3 is 2.50 bits per heavy atom. The fourth-order valence-electron chi connectivity index (χ4n) is 2.37. The molecule has 2 aromatic heterocycles. The molecule has 2 heterocycles. The molecule has 0 spiro atoms. The largest absolute Gasteiger partial charge is 0.497 e. The Hall–Kier alpha value is -1.79. The van der Waals surface area contributed by atoms with E-state index >= 15 is 0 Å². The summed E-state index contributed by atoms with van der Waals surface area (Å²) in [6, 6.07) is 7.45. The average molecular weight is 332 g/mol. The van der Waals surface area contributed by atoms with Crippen LogP contribution in [0.25, 0.3) is 15.9 Å². The fourth-order valence-corrected chi connectivity index (χ4v) is 4.00. The lowest BCUT2D eigenvalue weighted by molar-refractivity contribution is 0.414. The van der Waals surface area contributed by atoms with Crippen molar-refractivity contribution >= 4 is 33.3 Å². The number of aromatic nitrogens is 2. The zero-order valence-electron chi connectivity index (χ0n) is 12.8. The zero-order valence-corrected chi connectivity index (χ0v) is 14.5. The molecule has 0 saturated heterocycles. The number of fused-ring (bicyclic) bond motifs is 1. The Labute approximate surface area is 136 Å². The number of rotatable bonds is 3. The molecular formula is C16H16N2O2S2. The minimum atomic E-state index is -0.0126. The van der Waals surface area contributed by atoms with Gasteiger partial charge in [-0.3, -0.25) is 9.36 Å². The predicted molar refractivity (Wildman–Crippen MR) is 93.0 cm³/mol. The lowest BCUT2D eigenvalue weighted by Gasteiger charge is -2.11. The Morgan fingerprint density at radius 2 is 1.91 bits per heavy atom. The maximum absolute atomic E-state index is 13.0. The third kappa shape index (κ3) is 2.32. The molecule has 22 heavy (non-hydrogen) atoms. The fraction of sp³-hybridized carbons (Fsp3) is 0.250. The number of benzene rings is 1. The second-order valence-electron chi connectivity index (χ2n) is 4.90. The van der Waals surface area contributed by atoms with E-state index in [1.165, 1.54) is 11.8 Å². The number of thiophene rings is 1. The second kappa shape index (κ2) is 5.78. The van der Waals surface area contributed by atoms with Crippen LogP contribution in [0.15, 0.2) is 34.2 Å². The van der Waals surface area contributed by atoms with E-state index in [2.05, 4.69) is 4.98 Å². The van der Waals surface area contributed by atoms with Crippen molar-refractivity contribution in [3.05, 3.63) is 45.1 Å². The van der Waals surface area contributed by atoms with E-state index in [9.17, 15) is 4.79 Å². The Balaban J connectivity index is 2.33. The summed E-state index contributed by atoms with van der Waals surface area (Å²) in [6.45, 7) is 4.01. The highest BCUT2D eigenvalue weighted by Gasteiger charge is 2.17. The van der Waals surface area contributed by atoms with E-state index in [1.807, 2.05) is 44.4 Å². The normalized spacial score (nSPS) is 11.1. The van der Waals surface area contributed by atoms with Crippen LogP contribution in [-0.2, 0) is 0 Å². The summed E-state index contributed by atoms with van der Waals surface area (Å²) in [5.41, 5.74) is 1.81. The van der Waals surface area contributed by atoms with Crippen molar-refractivity contribution in [2.24, 2.45) is 0 Å². The van der Waals surface area contributed by atoms with E-state index in [4.69, 9.17) is 4.74 Å². The van der Waals surface area contributed by atoms with Crippen molar-refractivity contribution in [2.45, 2.75) is 19.0 Å². The topological polar surface area (TPSA) is 44.1 Å². The van der Waals surface area contributed by atoms with Gasteiger partial charge in [0.05, 0.1) is 18.2 Å². The minimum Gasteiger partial charge on any atom is -0.497 e. The quantitative estimate of drug-likeness (QED) is 0.541. The van der Waals surface area contributed by atoms with Gasteiger partial charge in [-0.2, -0.15) is 0 Å². The van der Waals surface area contributed by atoms with Gasteiger partial charge in [0.25, 0.3) is 5.56 Å². The minimum absolute atomic E-state index is 0.0126. The molecule has 0 unspecified atom stereocenters. The summed E-state index contributed by atoms with van der Waals surface area (Å²) in [7, 11) is 1.62. The van der Waals surface area contributed by atoms with E-state index in [0.717, 1.165) is 32.1 Å². The second-order valence-corrected chi connectivity index (χ2v) is 6.88. The molecule has 0 bridgehead atoms. The summed E-state index contributed by atoms with van der Waals surface area (Å²) >= 11 is 3.05. The van der Waals surface area contributed by atoms with Crippen LogP contribution in [0.1, 0.15) is 10.4 Å². The lowest BCUT2D eigenvalue weighted by atomic mass is 10.2. The van der Waals surface area contributed by atoms with Gasteiger partial charge in [0.15, 0.2) is 5.16 Å².